The van der Waals surface area contributed by atoms with E-state index in [0.29, 0.717) is 5.95 Å². The van der Waals surface area contributed by atoms with Gasteiger partial charge in [-0.25, -0.2) is 10.4 Å². The van der Waals surface area contributed by atoms with Crippen molar-refractivity contribution >= 4 is 23.2 Å². The van der Waals surface area contributed by atoms with Crippen LogP contribution < -0.4 is 5.43 Å². The summed E-state index contributed by atoms with van der Waals surface area (Å²) in [6.07, 6.45) is 1.83. The number of nitrogens with zero attached hydrogens (tertiary/aromatic N) is 3. The van der Waals surface area contributed by atoms with E-state index < -0.39 is 0 Å². The second-order valence-electron chi connectivity index (χ2n) is 6.47. The third-order valence-corrected chi connectivity index (χ3v) is 4.53. The minimum Gasteiger partial charge on any atom is -0.323 e. The highest BCUT2D eigenvalue weighted by Crippen LogP contribution is 2.20. The molecule has 2 N–H and O–H groups in total. The van der Waals surface area contributed by atoms with Crippen LogP contribution in [0.4, 0.5) is 5.95 Å². The standard InChI is InChI=1S/C21H21N5/c1-14-8-10-18(11-9-14)26-15(2)12-17(16(26)3)13-22-25-21-23-19-6-4-5-7-20(19)24-21/h4-13H,1-3H3,(H2,23,24,25)/b22-13-. The Labute approximate surface area is 152 Å². The highest BCUT2D eigenvalue weighted by molar-refractivity contribution is 5.83. The predicted molar refractivity (Wildman–Crippen MR) is 107 cm³/mol. The lowest BCUT2D eigenvalue weighted by atomic mass is 10.2. The van der Waals surface area contributed by atoms with E-state index in [1.165, 1.54) is 11.3 Å². The molecule has 0 bridgehead atoms. The summed E-state index contributed by atoms with van der Waals surface area (Å²) in [5.41, 5.74) is 10.7. The first kappa shape index (κ1) is 16.1. The Morgan fingerprint density at radius 3 is 2.58 bits per heavy atom. The molecule has 0 spiro atoms. The number of nitrogens with one attached hydrogen (secondary N) is 2. The van der Waals surface area contributed by atoms with E-state index in [0.717, 1.165) is 28.0 Å². The Bertz CT molecular complexity index is 1050. The number of aromatic amines is 1. The Balaban J connectivity index is 1.57. The van der Waals surface area contributed by atoms with Gasteiger partial charge in [0.15, 0.2) is 0 Å². The van der Waals surface area contributed by atoms with E-state index in [1.807, 2.05) is 30.5 Å². The molecule has 0 saturated heterocycles. The van der Waals surface area contributed by atoms with Gasteiger partial charge in [0.25, 0.3) is 0 Å². The number of anilines is 1. The minimum absolute atomic E-state index is 0.634. The molecule has 4 rings (SSSR count). The fraction of sp³-hybridized carbons (Fsp3) is 0.143. The van der Waals surface area contributed by atoms with Crippen molar-refractivity contribution in [3.8, 4) is 5.69 Å². The number of aryl methyl sites for hydroxylation is 2. The first-order valence-corrected chi connectivity index (χ1v) is 8.61. The molecule has 0 aliphatic rings. The van der Waals surface area contributed by atoms with E-state index in [-0.39, 0.29) is 0 Å². The molecule has 0 unspecified atom stereocenters. The number of benzene rings is 2. The van der Waals surface area contributed by atoms with E-state index in [4.69, 9.17) is 0 Å². The average molecular weight is 343 g/mol. The van der Waals surface area contributed by atoms with Crippen LogP contribution in [-0.4, -0.2) is 20.7 Å². The van der Waals surface area contributed by atoms with Crippen LogP contribution in [0.2, 0.25) is 0 Å². The van der Waals surface area contributed by atoms with Crippen LogP contribution >= 0.6 is 0 Å². The summed E-state index contributed by atoms with van der Waals surface area (Å²) in [4.78, 5) is 7.66. The van der Waals surface area contributed by atoms with E-state index in [1.54, 1.807) is 0 Å². The van der Waals surface area contributed by atoms with Gasteiger partial charge in [0.1, 0.15) is 0 Å². The molecule has 4 aromatic rings. The molecule has 26 heavy (non-hydrogen) atoms. The highest BCUT2D eigenvalue weighted by atomic mass is 15.3. The third kappa shape index (κ3) is 2.99. The van der Waals surface area contributed by atoms with Gasteiger partial charge < -0.3 is 9.55 Å². The van der Waals surface area contributed by atoms with Gasteiger partial charge in [0, 0.05) is 22.6 Å². The van der Waals surface area contributed by atoms with Crippen LogP contribution in [0.1, 0.15) is 22.5 Å². The number of hydrogen-bond donors (Lipinski definition) is 2. The average Bonchev–Trinajstić information content (AvgIpc) is 3.17. The third-order valence-electron chi connectivity index (χ3n) is 4.53. The Kier molecular flexibility index (Phi) is 4.05. The van der Waals surface area contributed by atoms with Gasteiger partial charge >= 0.3 is 0 Å². The minimum atomic E-state index is 0.634. The summed E-state index contributed by atoms with van der Waals surface area (Å²) in [6, 6.07) is 18.6. The fourth-order valence-electron chi connectivity index (χ4n) is 3.18. The van der Waals surface area contributed by atoms with Crippen LogP contribution in [0.3, 0.4) is 0 Å². The second-order valence-corrected chi connectivity index (χ2v) is 6.47. The second kappa shape index (κ2) is 6.52. The van der Waals surface area contributed by atoms with Crippen molar-refractivity contribution in [1.29, 1.82) is 0 Å². The molecule has 130 valence electrons. The molecule has 2 aromatic carbocycles. The Hall–Kier alpha value is -3.34. The summed E-state index contributed by atoms with van der Waals surface area (Å²) in [5, 5.41) is 4.35. The molecule has 0 radical (unpaired) electrons. The quantitative estimate of drug-likeness (QED) is 0.416. The first-order chi connectivity index (χ1) is 12.6. The van der Waals surface area contributed by atoms with Crippen molar-refractivity contribution in [2.75, 3.05) is 5.43 Å². The van der Waals surface area contributed by atoms with Crippen molar-refractivity contribution < 1.29 is 0 Å². The van der Waals surface area contributed by atoms with Crippen molar-refractivity contribution in [3.05, 3.63) is 77.1 Å². The maximum atomic E-state index is 4.46. The number of fused-ring (bicyclic) bond motifs is 1. The number of para-hydroxylation sites is 2. The largest absolute Gasteiger partial charge is 0.323 e. The smallest absolute Gasteiger partial charge is 0.222 e. The maximum Gasteiger partial charge on any atom is 0.222 e. The van der Waals surface area contributed by atoms with Gasteiger partial charge in [-0.1, -0.05) is 29.8 Å². The zero-order chi connectivity index (χ0) is 18.1. The summed E-state index contributed by atoms with van der Waals surface area (Å²) >= 11 is 0. The molecule has 0 aliphatic carbocycles. The lowest BCUT2D eigenvalue weighted by Gasteiger charge is -2.09. The maximum absolute atomic E-state index is 4.46. The summed E-state index contributed by atoms with van der Waals surface area (Å²) in [6.45, 7) is 6.31. The number of aromatic nitrogens is 3. The molecule has 2 aromatic heterocycles. The van der Waals surface area contributed by atoms with E-state index in [2.05, 4.69) is 76.2 Å². The van der Waals surface area contributed by atoms with Crippen LogP contribution in [0, 0.1) is 20.8 Å². The summed E-state index contributed by atoms with van der Waals surface area (Å²) in [5.74, 6) is 0.634. The van der Waals surface area contributed by atoms with Crippen LogP contribution in [0.5, 0.6) is 0 Å². The molecule has 0 aliphatic heterocycles. The monoisotopic (exact) mass is 343 g/mol. The van der Waals surface area contributed by atoms with Gasteiger partial charge in [-0.05, 0) is 51.1 Å². The molecule has 0 fully saturated rings. The molecular formula is C21H21N5. The van der Waals surface area contributed by atoms with Gasteiger partial charge in [0.05, 0.1) is 17.2 Å². The molecule has 0 saturated carbocycles. The van der Waals surface area contributed by atoms with Crippen LogP contribution in [0.25, 0.3) is 16.7 Å². The van der Waals surface area contributed by atoms with Gasteiger partial charge in [-0.3, -0.25) is 0 Å². The number of rotatable bonds is 4. The fourth-order valence-corrected chi connectivity index (χ4v) is 3.18. The molecule has 5 heteroatoms. The van der Waals surface area contributed by atoms with Crippen molar-refractivity contribution in [2.24, 2.45) is 5.10 Å². The lowest BCUT2D eigenvalue weighted by molar-refractivity contribution is 0.964. The summed E-state index contributed by atoms with van der Waals surface area (Å²) < 4.78 is 2.24. The van der Waals surface area contributed by atoms with Crippen LogP contribution in [0.15, 0.2) is 59.7 Å². The van der Waals surface area contributed by atoms with Gasteiger partial charge in [0.2, 0.25) is 5.95 Å². The zero-order valence-corrected chi connectivity index (χ0v) is 15.1. The van der Waals surface area contributed by atoms with Crippen molar-refractivity contribution in [1.82, 2.24) is 14.5 Å². The van der Waals surface area contributed by atoms with Gasteiger partial charge in [-0.2, -0.15) is 5.10 Å². The molecule has 5 nitrogen and oxygen atoms in total. The highest BCUT2D eigenvalue weighted by Gasteiger charge is 2.09. The van der Waals surface area contributed by atoms with Crippen molar-refractivity contribution in [2.45, 2.75) is 20.8 Å². The van der Waals surface area contributed by atoms with E-state index >= 15 is 0 Å². The summed E-state index contributed by atoms with van der Waals surface area (Å²) in [7, 11) is 0. The molecule has 2 heterocycles. The number of imidazole rings is 1. The molecular weight excluding hydrogens is 322 g/mol. The Morgan fingerprint density at radius 2 is 1.81 bits per heavy atom. The van der Waals surface area contributed by atoms with Crippen molar-refractivity contribution in [3.63, 3.8) is 0 Å². The normalized spacial score (nSPS) is 11.5. The van der Waals surface area contributed by atoms with E-state index in [9.17, 15) is 0 Å². The van der Waals surface area contributed by atoms with Crippen LogP contribution in [-0.2, 0) is 0 Å². The lowest BCUT2D eigenvalue weighted by Crippen LogP contribution is -2.00. The van der Waals surface area contributed by atoms with Gasteiger partial charge in [-0.15, -0.1) is 0 Å². The number of H-pyrrole nitrogens is 1. The topological polar surface area (TPSA) is 58.0 Å². The number of hydrogen-bond acceptors (Lipinski definition) is 3. The SMILES string of the molecule is Cc1ccc(-n2c(C)cc(/C=N\Nc3nc4ccccc4[nH]3)c2C)cc1. The number of hydrazone groups is 1. The zero-order valence-electron chi connectivity index (χ0n) is 15.1. The molecule has 0 atom stereocenters. The Morgan fingerprint density at radius 1 is 1.04 bits per heavy atom. The molecule has 0 amide bonds. The predicted octanol–water partition coefficient (Wildman–Crippen LogP) is 4.72. The first-order valence-electron chi connectivity index (χ1n) is 8.61.